The largest absolute Gasteiger partial charge is 0.472 e. The molecule has 0 fully saturated rings. The van der Waals surface area contributed by atoms with Gasteiger partial charge in [0.25, 0.3) is 0 Å². The number of phosphoric acid groups is 2. The van der Waals surface area contributed by atoms with Crippen molar-refractivity contribution in [3.05, 3.63) is 134 Å². The molecule has 100 heavy (non-hydrogen) atoms. The molecule has 0 heterocycles. The van der Waals surface area contributed by atoms with Crippen molar-refractivity contribution in [2.24, 2.45) is 0 Å². The lowest BCUT2D eigenvalue weighted by atomic mass is 10.0. The molecule has 572 valence electrons. The molecule has 0 aliphatic carbocycles. The lowest BCUT2D eigenvalue weighted by molar-refractivity contribution is -0.161. The van der Waals surface area contributed by atoms with Gasteiger partial charge in [0.2, 0.25) is 0 Å². The van der Waals surface area contributed by atoms with Crippen molar-refractivity contribution in [3.8, 4) is 0 Å². The number of carbonyl (C=O) groups excluding carboxylic acids is 4. The monoisotopic (exact) mass is 1440 g/mol. The fourth-order valence-corrected chi connectivity index (χ4v) is 11.4. The highest BCUT2D eigenvalue weighted by molar-refractivity contribution is 7.47. The van der Waals surface area contributed by atoms with Crippen LogP contribution in [0.5, 0.6) is 0 Å². The zero-order chi connectivity index (χ0) is 73.2. The number of aliphatic hydroxyl groups excluding tert-OH is 1. The Labute approximate surface area is 605 Å². The van der Waals surface area contributed by atoms with Crippen LogP contribution in [-0.2, 0) is 65.4 Å². The van der Waals surface area contributed by atoms with Crippen LogP contribution in [0.15, 0.2) is 134 Å². The quantitative estimate of drug-likeness (QED) is 0.0169. The molecular weight excluding hydrogens is 1310 g/mol. The van der Waals surface area contributed by atoms with Crippen molar-refractivity contribution in [1.29, 1.82) is 0 Å². The number of allylic oxidation sites excluding steroid dienone is 21. The Hall–Kier alpha value is -4.80. The fraction of sp³-hybridized carbons (Fsp3) is 0.679. The first kappa shape index (κ1) is 95.2. The van der Waals surface area contributed by atoms with Crippen molar-refractivity contribution in [2.45, 2.75) is 316 Å². The number of ether oxygens (including phenoxy) is 4. The van der Waals surface area contributed by atoms with Gasteiger partial charge in [0.1, 0.15) is 19.3 Å². The highest BCUT2D eigenvalue weighted by Gasteiger charge is 2.30. The van der Waals surface area contributed by atoms with E-state index in [0.29, 0.717) is 32.1 Å². The molecule has 0 saturated carbocycles. The van der Waals surface area contributed by atoms with Gasteiger partial charge in [0.05, 0.1) is 32.8 Å². The lowest BCUT2D eigenvalue weighted by Crippen LogP contribution is -2.30. The van der Waals surface area contributed by atoms with Crippen molar-refractivity contribution < 1.29 is 80.2 Å². The summed E-state index contributed by atoms with van der Waals surface area (Å²) in [6, 6.07) is 0. The van der Waals surface area contributed by atoms with Crippen LogP contribution in [-0.4, -0.2) is 96.7 Å². The van der Waals surface area contributed by atoms with E-state index in [9.17, 15) is 43.2 Å². The predicted molar refractivity (Wildman–Crippen MR) is 408 cm³/mol. The van der Waals surface area contributed by atoms with Crippen LogP contribution in [0.25, 0.3) is 0 Å². The van der Waals surface area contributed by atoms with E-state index in [1.165, 1.54) is 89.9 Å². The number of phosphoric ester groups is 2. The molecule has 0 amide bonds. The minimum absolute atomic E-state index is 0.0680. The topological polar surface area (TPSA) is 237 Å². The summed E-state index contributed by atoms with van der Waals surface area (Å²) in [7, 11) is -9.99. The van der Waals surface area contributed by atoms with E-state index in [-0.39, 0.29) is 25.7 Å². The fourth-order valence-electron chi connectivity index (χ4n) is 9.85. The third-order valence-corrected chi connectivity index (χ3v) is 17.5. The molecule has 5 atom stereocenters. The normalized spacial score (nSPS) is 14.7. The minimum Gasteiger partial charge on any atom is -0.462 e. The molecule has 0 aliphatic rings. The van der Waals surface area contributed by atoms with Crippen LogP contribution in [0.2, 0.25) is 0 Å². The molecule has 0 spiro atoms. The van der Waals surface area contributed by atoms with Crippen LogP contribution in [0, 0.1) is 0 Å². The molecule has 17 nitrogen and oxygen atoms in total. The van der Waals surface area contributed by atoms with Crippen molar-refractivity contribution in [1.82, 2.24) is 0 Å². The van der Waals surface area contributed by atoms with E-state index in [4.69, 9.17) is 37.0 Å². The van der Waals surface area contributed by atoms with Crippen LogP contribution in [0.1, 0.15) is 297 Å². The SMILES string of the molecule is CC/C=C\C/C=C\C/C=C\C/C=C\C/C=C\CCCC(=O)OCC(COP(=O)(O)OCC(O)COP(=O)(O)OCC(COC(=O)C/C=C\C/C=C\C/C=C\C/C=C\C/C=C\CC)OC(=O)CCCCCCCCCCCCCCCCC)OC(=O)CCCCCCC/C=C\CCCCCC. The number of aliphatic hydroxyl groups is 1. The minimum atomic E-state index is -5.00. The van der Waals surface area contributed by atoms with E-state index >= 15 is 0 Å². The van der Waals surface area contributed by atoms with Gasteiger partial charge >= 0.3 is 39.5 Å². The summed E-state index contributed by atoms with van der Waals surface area (Å²) in [6.07, 6.45) is 80.5. The Morgan fingerprint density at radius 3 is 0.940 bits per heavy atom. The summed E-state index contributed by atoms with van der Waals surface area (Å²) in [5.41, 5.74) is 0. The van der Waals surface area contributed by atoms with Gasteiger partial charge in [-0.1, -0.05) is 290 Å². The molecule has 3 N–H and O–H groups in total. The molecule has 0 radical (unpaired) electrons. The molecule has 0 aliphatic heterocycles. The molecule has 19 heteroatoms. The third-order valence-electron chi connectivity index (χ3n) is 15.6. The first-order chi connectivity index (χ1) is 48.7. The Balaban J connectivity index is 5.46. The second-order valence-corrected chi connectivity index (χ2v) is 28.1. The van der Waals surface area contributed by atoms with E-state index in [2.05, 4.69) is 125 Å². The molecule has 0 aromatic heterocycles. The molecule has 0 bridgehead atoms. The van der Waals surface area contributed by atoms with Gasteiger partial charge in [0, 0.05) is 19.3 Å². The van der Waals surface area contributed by atoms with Crippen LogP contribution < -0.4 is 0 Å². The number of hydrogen-bond donors (Lipinski definition) is 3. The highest BCUT2D eigenvalue weighted by Crippen LogP contribution is 2.45. The summed E-state index contributed by atoms with van der Waals surface area (Å²) in [5, 5.41) is 10.6. The Bertz CT molecular complexity index is 2420. The first-order valence-corrected chi connectivity index (χ1v) is 41.4. The summed E-state index contributed by atoms with van der Waals surface area (Å²) >= 11 is 0. The highest BCUT2D eigenvalue weighted by atomic mass is 31.2. The van der Waals surface area contributed by atoms with Gasteiger partial charge < -0.3 is 33.8 Å². The number of carbonyl (C=O) groups is 4. The first-order valence-electron chi connectivity index (χ1n) is 38.4. The standard InChI is InChI=1S/C81H136O17P2/c1-5-9-13-17-21-25-29-33-36-37-40-43-46-50-54-58-62-66-79(84)92-71-76(97-80(85)67-63-59-55-51-47-41-32-28-24-20-16-12-8-4)73-95-99(87,88)93-69-75(82)70-94-100(89,90)96-74-77(98-81(86)68-64-60-56-52-48-44-39-35-31-27-23-19-15-11-7-3)72-91-78(83)65-61-57-53-49-45-42-38-34-30-26-22-18-14-10-6-2/h9-10,13-14,21-22,25-26,28,32-34,36,38,40,43,45,49-50,54,57,61,75-77,82H,5-8,11-12,15-20,23-24,27,29-31,35,37,39,41-42,44,46-48,51-53,55-56,58-60,62-74H2,1-4H3,(H,87,88)(H,89,90)/b13-9-,14-10-,25-21-,26-22-,32-28-,36-33-,38-34-,43-40-,49-45-,54-50-,61-57-. The summed E-state index contributed by atoms with van der Waals surface area (Å²) in [6.45, 7) is 4.45. The lowest BCUT2D eigenvalue weighted by Gasteiger charge is -2.21. The maximum Gasteiger partial charge on any atom is 0.472 e. The summed E-state index contributed by atoms with van der Waals surface area (Å²) < 4.78 is 68.3. The van der Waals surface area contributed by atoms with E-state index < -0.39 is 97.5 Å². The second-order valence-electron chi connectivity index (χ2n) is 25.2. The van der Waals surface area contributed by atoms with Gasteiger partial charge in [0.15, 0.2) is 12.2 Å². The molecule has 0 aromatic rings. The van der Waals surface area contributed by atoms with Crippen LogP contribution in [0.3, 0.4) is 0 Å². The second kappa shape index (κ2) is 72.5. The third kappa shape index (κ3) is 71.6. The van der Waals surface area contributed by atoms with Gasteiger partial charge in [-0.25, -0.2) is 9.13 Å². The zero-order valence-corrected chi connectivity index (χ0v) is 64.1. The van der Waals surface area contributed by atoms with E-state index in [0.717, 1.165) is 122 Å². The maximum absolute atomic E-state index is 13.1. The number of hydrogen-bond acceptors (Lipinski definition) is 15. The van der Waals surface area contributed by atoms with Gasteiger partial charge in [-0.15, -0.1) is 0 Å². The molecule has 0 rings (SSSR count). The molecular formula is C81H136O17P2. The smallest absolute Gasteiger partial charge is 0.462 e. The van der Waals surface area contributed by atoms with Crippen molar-refractivity contribution in [3.63, 3.8) is 0 Å². The number of esters is 4. The summed E-state index contributed by atoms with van der Waals surface area (Å²) in [4.78, 5) is 72.8. The Kier molecular flexibility index (Phi) is 69.1. The van der Waals surface area contributed by atoms with Gasteiger partial charge in [-0.3, -0.25) is 37.3 Å². The zero-order valence-electron chi connectivity index (χ0n) is 62.3. The Morgan fingerprint density at radius 2 is 0.570 bits per heavy atom. The number of rotatable bonds is 71. The van der Waals surface area contributed by atoms with Gasteiger partial charge in [-0.05, 0) is 116 Å². The van der Waals surface area contributed by atoms with E-state index in [1.807, 2.05) is 30.4 Å². The van der Waals surface area contributed by atoms with Crippen molar-refractivity contribution in [2.75, 3.05) is 39.6 Å². The average Bonchev–Trinajstić information content (AvgIpc) is 0.965. The predicted octanol–water partition coefficient (Wildman–Crippen LogP) is 22.1. The Morgan fingerprint density at radius 1 is 0.300 bits per heavy atom. The molecule has 5 unspecified atom stereocenters. The number of unbranched alkanes of at least 4 members (excludes halogenated alkanes) is 24. The summed E-state index contributed by atoms with van der Waals surface area (Å²) in [5.74, 6) is -2.40. The van der Waals surface area contributed by atoms with Crippen molar-refractivity contribution >= 4 is 39.5 Å². The molecule has 0 aromatic carbocycles. The maximum atomic E-state index is 13.1. The van der Waals surface area contributed by atoms with Crippen LogP contribution >= 0.6 is 15.6 Å². The average molecular weight is 1440 g/mol. The van der Waals surface area contributed by atoms with Crippen LogP contribution in [0.4, 0.5) is 0 Å². The van der Waals surface area contributed by atoms with E-state index in [1.54, 1.807) is 6.08 Å². The van der Waals surface area contributed by atoms with Gasteiger partial charge in [-0.2, -0.15) is 0 Å². The molecule has 0 saturated heterocycles.